The maximum Gasteiger partial charge on any atom is 0.160 e. The number of hydrogen-bond donors (Lipinski definition) is 0. The highest BCUT2D eigenvalue weighted by atomic mass is 35.5. The lowest BCUT2D eigenvalue weighted by Gasteiger charge is -2.22. The van der Waals surface area contributed by atoms with Crippen LogP contribution in [0.2, 0.25) is 5.02 Å². The molecule has 1 aromatic heterocycles. The summed E-state index contributed by atoms with van der Waals surface area (Å²) >= 11 is 6.29. The van der Waals surface area contributed by atoms with Gasteiger partial charge in [0.2, 0.25) is 0 Å². The van der Waals surface area contributed by atoms with Crippen LogP contribution in [0.5, 0.6) is 0 Å². The van der Waals surface area contributed by atoms with Crippen molar-refractivity contribution in [1.29, 1.82) is 0 Å². The summed E-state index contributed by atoms with van der Waals surface area (Å²) in [7, 11) is 0. The average molecular weight is 459 g/mol. The average Bonchev–Trinajstić information content (AvgIpc) is 3.11. The van der Waals surface area contributed by atoms with E-state index in [-0.39, 0.29) is 5.41 Å². The van der Waals surface area contributed by atoms with Crippen LogP contribution in [0.15, 0.2) is 103 Å². The molecule has 0 saturated carbocycles. The van der Waals surface area contributed by atoms with Crippen molar-refractivity contribution in [3.63, 3.8) is 0 Å². The minimum absolute atomic E-state index is 0.0625. The first kappa shape index (κ1) is 20.8. The number of hydrogen-bond acceptors (Lipinski definition) is 2. The van der Waals surface area contributed by atoms with Crippen LogP contribution in [-0.4, -0.2) is 9.97 Å². The van der Waals surface area contributed by atoms with Gasteiger partial charge in [-0.1, -0.05) is 104 Å². The fourth-order valence-corrected chi connectivity index (χ4v) is 5.16. The van der Waals surface area contributed by atoms with Crippen molar-refractivity contribution < 1.29 is 0 Å². The van der Waals surface area contributed by atoms with Crippen molar-refractivity contribution in [2.24, 2.45) is 0 Å². The summed E-state index contributed by atoms with van der Waals surface area (Å²) in [6.07, 6.45) is 0. The Hall–Kier alpha value is -3.75. The van der Waals surface area contributed by atoms with E-state index in [0.29, 0.717) is 10.8 Å². The molecule has 0 atom stereocenters. The van der Waals surface area contributed by atoms with E-state index >= 15 is 0 Å². The van der Waals surface area contributed by atoms with E-state index in [0.717, 1.165) is 28.1 Å². The quantitative estimate of drug-likeness (QED) is 0.271. The van der Waals surface area contributed by atoms with Crippen molar-refractivity contribution in [3.05, 3.63) is 119 Å². The molecule has 0 aliphatic heterocycles. The maximum atomic E-state index is 6.29. The molecule has 5 aromatic rings. The van der Waals surface area contributed by atoms with Crippen molar-refractivity contribution >= 4 is 11.6 Å². The van der Waals surface area contributed by atoms with Crippen LogP contribution in [0.4, 0.5) is 0 Å². The third-order valence-electron chi connectivity index (χ3n) is 6.76. The van der Waals surface area contributed by atoms with Gasteiger partial charge in [-0.2, -0.15) is 0 Å². The zero-order valence-electron chi connectivity index (χ0n) is 19.1. The molecule has 0 radical (unpaired) electrons. The molecule has 4 aromatic carbocycles. The second-order valence-corrected chi connectivity index (χ2v) is 9.71. The highest BCUT2D eigenvalue weighted by Gasteiger charge is 2.35. The van der Waals surface area contributed by atoms with Gasteiger partial charge in [-0.05, 0) is 46.5 Å². The summed E-state index contributed by atoms with van der Waals surface area (Å²) in [5.74, 6) is 0.668. The van der Waals surface area contributed by atoms with Gasteiger partial charge in [-0.15, -0.1) is 0 Å². The van der Waals surface area contributed by atoms with E-state index < -0.39 is 0 Å². The summed E-state index contributed by atoms with van der Waals surface area (Å²) < 4.78 is 0. The fourth-order valence-electron chi connectivity index (χ4n) is 4.97. The molecule has 1 aliphatic carbocycles. The molecule has 34 heavy (non-hydrogen) atoms. The zero-order chi connectivity index (χ0) is 23.3. The number of nitrogens with zero attached hydrogens (tertiary/aromatic N) is 2. The molecule has 2 nitrogen and oxygen atoms in total. The number of aromatic nitrogens is 2. The lowest BCUT2D eigenvalue weighted by molar-refractivity contribution is 0.660. The molecular weight excluding hydrogens is 436 g/mol. The van der Waals surface area contributed by atoms with E-state index in [4.69, 9.17) is 21.6 Å². The Balaban J connectivity index is 1.54. The van der Waals surface area contributed by atoms with Gasteiger partial charge in [0, 0.05) is 27.1 Å². The number of fused-ring (bicyclic) bond motifs is 3. The van der Waals surface area contributed by atoms with Crippen molar-refractivity contribution in [3.8, 4) is 45.0 Å². The first-order valence-corrected chi connectivity index (χ1v) is 11.8. The largest absolute Gasteiger partial charge is 0.228 e. The summed E-state index contributed by atoms with van der Waals surface area (Å²) in [6, 6.07) is 35.5. The Labute approximate surface area is 204 Å². The third kappa shape index (κ3) is 3.43. The Bertz CT molecular complexity index is 1540. The van der Waals surface area contributed by atoms with Crippen LogP contribution in [0.1, 0.15) is 25.0 Å². The molecule has 1 aliphatic rings. The summed E-state index contributed by atoms with van der Waals surface area (Å²) in [5.41, 5.74) is 10.1. The van der Waals surface area contributed by atoms with Crippen molar-refractivity contribution in [1.82, 2.24) is 9.97 Å². The van der Waals surface area contributed by atoms with Crippen LogP contribution in [0, 0.1) is 0 Å². The predicted molar refractivity (Wildman–Crippen MR) is 141 cm³/mol. The van der Waals surface area contributed by atoms with Crippen LogP contribution in [0.3, 0.4) is 0 Å². The van der Waals surface area contributed by atoms with Gasteiger partial charge >= 0.3 is 0 Å². The summed E-state index contributed by atoms with van der Waals surface area (Å²) in [6.45, 7) is 4.60. The van der Waals surface area contributed by atoms with Crippen molar-refractivity contribution in [2.75, 3.05) is 0 Å². The van der Waals surface area contributed by atoms with Gasteiger partial charge < -0.3 is 0 Å². The Morgan fingerprint density at radius 1 is 0.559 bits per heavy atom. The molecular formula is C31H23ClN2. The first-order valence-electron chi connectivity index (χ1n) is 11.5. The second-order valence-electron chi connectivity index (χ2n) is 9.27. The van der Waals surface area contributed by atoms with Crippen LogP contribution in [-0.2, 0) is 5.41 Å². The van der Waals surface area contributed by atoms with Gasteiger partial charge in [0.1, 0.15) is 0 Å². The van der Waals surface area contributed by atoms with Gasteiger partial charge in [-0.25, -0.2) is 9.97 Å². The molecule has 3 heteroatoms. The van der Waals surface area contributed by atoms with Crippen molar-refractivity contribution in [2.45, 2.75) is 19.3 Å². The van der Waals surface area contributed by atoms with Gasteiger partial charge in [0.15, 0.2) is 5.82 Å². The summed E-state index contributed by atoms with van der Waals surface area (Å²) in [4.78, 5) is 9.90. The van der Waals surface area contributed by atoms with Gasteiger partial charge in [0.25, 0.3) is 0 Å². The van der Waals surface area contributed by atoms with E-state index in [1.165, 1.54) is 22.3 Å². The van der Waals surface area contributed by atoms with Crippen LogP contribution in [0.25, 0.3) is 45.0 Å². The third-order valence-corrected chi connectivity index (χ3v) is 6.99. The molecule has 0 saturated heterocycles. The van der Waals surface area contributed by atoms with Crippen LogP contribution >= 0.6 is 11.6 Å². The molecule has 0 fully saturated rings. The standard InChI is InChI=1S/C31H23ClN2/c1-31(2)26-14-7-6-13-24(26)25-16-15-21(18-27(25)31)29-19-28(20-9-4-3-5-10-20)33-30(34-29)22-11-8-12-23(32)17-22/h3-19H,1-2H3. The molecule has 0 amide bonds. The molecule has 6 rings (SSSR count). The molecule has 0 N–H and O–H groups in total. The minimum atomic E-state index is -0.0625. The molecule has 0 unspecified atom stereocenters. The molecule has 0 spiro atoms. The smallest absolute Gasteiger partial charge is 0.160 e. The maximum absolute atomic E-state index is 6.29. The van der Waals surface area contributed by atoms with E-state index in [1.54, 1.807) is 0 Å². The molecule has 1 heterocycles. The van der Waals surface area contributed by atoms with Gasteiger partial charge in [0.05, 0.1) is 11.4 Å². The van der Waals surface area contributed by atoms with E-state index in [2.05, 4.69) is 74.5 Å². The lowest BCUT2D eigenvalue weighted by atomic mass is 9.82. The minimum Gasteiger partial charge on any atom is -0.228 e. The molecule has 0 bridgehead atoms. The van der Waals surface area contributed by atoms with E-state index in [9.17, 15) is 0 Å². The number of benzene rings is 4. The van der Waals surface area contributed by atoms with Crippen LogP contribution < -0.4 is 0 Å². The number of rotatable bonds is 3. The fraction of sp³-hybridized carbons (Fsp3) is 0.0968. The Morgan fingerprint density at radius 2 is 1.24 bits per heavy atom. The monoisotopic (exact) mass is 458 g/mol. The topological polar surface area (TPSA) is 25.8 Å². The van der Waals surface area contributed by atoms with E-state index in [1.807, 2.05) is 42.5 Å². The first-order chi connectivity index (χ1) is 16.5. The summed E-state index contributed by atoms with van der Waals surface area (Å²) in [5, 5.41) is 0.671. The predicted octanol–water partition coefficient (Wildman–Crippen LogP) is 8.44. The second kappa shape index (κ2) is 7.93. The number of halogens is 1. The highest BCUT2D eigenvalue weighted by molar-refractivity contribution is 6.30. The Kier molecular flexibility index (Phi) is 4.86. The Morgan fingerprint density at radius 3 is 2.03 bits per heavy atom. The highest BCUT2D eigenvalue weighted by Crippen LogP contribution is 2.49. The normalized spacial score (nSPS) is 13.4. The molecule has 164 valence electrons. The SMILES string of the molecule is CC1(C)c2ccccc2-c2ccc(-c3cc(-c4ccccc4)nc(-c4cccc(Cl)c4)n3)cc21. The van der Waals surface area contributed by atoms with Gasteiger partial charge in [-0.3, -0.25) is 0 Å². The lowest BCUT2D eigenvalue weighted by Crippen LogP contribution is -2.14. The zero-order valence-corrected chi connectivity index (χ0v) is 19.8.